The van der Waals surface area contributed by atoms with Crippen molar-refractivity contribution < 1.29 is 38.5 Å². The molecule has 11 heteroatoms. The minimum atomic E-state index is -5.43. The molecular formula is C42H92N2O7S2. The Morgan fingerprint density at radius 2 is 0.472 bits per heavy atom. The van der Waals surface area contributed by atoms with Crippen LogP contribution >= 0.6 is 0 Å². The lowest BCUT2D eigenvalue weighted by atomic mass is 10.0. The average Bonchev–Trinajstić information content (AvgIpc) is 3.02. The van der Waals surface area contributed by atoms with Crippen molar-refractivity contribution in [2.75, 3.05) is 55.4 Å². The summed E-state index contributed by atoms with van der Waals surface area (Å²) in [5.41, 5.74) is 0. The van der Waals surface area contributed by atoms with E-state index in [1.807, 2.05) is 0 Å². The zero-order valence-electron chi connectivity index (χ0n) is 36.6. The van der Waals surface area contributed by atoms with Crippen LogP contribution in [0.5, 0.6) is 0 Å². The fourth-order valence-corrected chi connectivity index (χ4v) is 7.19. The first kappa shape index (κ1) is 57.0. The minimum Gasteiger partial charge on any atom is -0.725 e. The van der Waals surface area contributed by atoms with Gasteiger partial charge in [0.25, 0.3) is 0 Å². The first-order valence-electron chi connectivity index (χ1n) is 22.1. The molecule has 0 aromatic rings. The van der Waals surface area contributed by atoms with Crippen LogP contribution in [0.1, 0.15) is 219 Å². The van der Waals surface area contributed by atoms with Crippen LogP contribution in [0.4, 0.5) is 0 Å². The van der Waals surface area contributed by atoms with Gasteiger partial charge in [-0.3, -0.25) is 0 Å². The van der Waals surface area contributed by atoms with E-state index in [9.17, 15) is 25.9 Å². The van der Waals surface area contributed by atoms with Crippen LogP contribution in [0.15, 0.2) is 0 Å². The van der Waals surface area contributed by atoms with E-state index in [4.69, 9.17) is 0 Å². The summed E-state index contributed by atoms with van der Waals surface area (Å²) in [5.74, 6) is 0. The zero-order chi connectivity index (χ0) is 40.7. The third kappa shape index (κ3) is 66.9. The highest BCUT2D eigenvalue weighted by Crippen LogP contribution is 2.15. The molecule has 0 N–H and O–H groups in total. The quantitative estimate of drug-likeness (QED) is 0.0267. The lowest BCUT2D eigenvalue weighted by Crippen LogP contribution is -2.35. The summed E-state index contributed by atoms with van der Waals surface area (Å²) in [6.07, 6.45) is 46.7. The lowest BCUT2D eigenvalue weighted by molar-refractivity contribution is -0.870. The van der Waals surface area contributed by atoms with Gasteiger partial charge >= 0.3 is 0 Å². The molecule has 0 radical (unpaired) electrons. The van der Waals surface area contributed by atoms with Crippen molar-refractivity contribution in [2.24, 2.45) is 0 Å². The fraction of sp³-hybridized carbons (Fsp3) is 1.00. The Morgan fingerprint density at radius 3 is 0.585 bits per heavy atom. The zero-order valence-corrected chi connectivity index (χ0v) is 38.2. The first-order chi connectivity index (χ1) is 24.8. The number of unbranched alkanes of at least 4 members (excludes halogenated alkanes) is 30. The Hall–Kier alpha value is -0.300. The smallest absolute Gasteiger partial charge is 0.231 e. The molecular weight excluding hydrogens is 709 g/mol. The van der Waals surface area contributed by atoms with E-state index >= 15 is 0 Å². The summed E-state index contributed by atoms with van der Waals surface area (Å²) in [7, 11) is 2.92. The van der Waals surface area contributed by atoms with Gasteiger partial charge < -0.3 is 18.1 Å². The molecule has 0 heterocycles. The third-order valence-corrected chi connectivity index (χ3v) is 10.9. The van der Waals surface area contributed by atoms with E-state index in [2.05, 4.69) is 59.8 Å². The average molecular weight is 801 g/mol. The minimum absolute atomic E-state index is 1.12. The Balaban J connectivity index is -0.000000768. The van der Waals surface area contributed by atoms with Crippen molar-refractivity contribution in [2.45, 2.75) is 219 Å². The first-order valence-corrected chi connectivity index (χ1v) is 24.7. The van der Waals surface area contributed by atoms with E-state index in [0.29, 0.717) is 0 Å². The standard InChI is InChI=1S/2C21H46N.H2O7S2/c2*1-5-6-7-8-9-10-11-12-13-14-15-16-17-18-19-20-21-22(2,3)4;1-8(2,3)7-9(4,5)6/h2*5-21H2,1-4H3;(H,1,2,3)(H,4,5,6)/q2*+1;/p-2. The van der Waals surface area contributed by atoms with Gasteiger partial charge in [-0.05, 0) is 25.7 Å². The van der Waals surface area contributed by atoms with Crippen LogP contribution in [0.2, 0.25) is 0 Å². The molecule has 0 saturated carbocycles. The van der Waals surface area contributed by atoms with E-state index < -0.39 is 20.8 Å². The fourth-order valence-electron chi connectivity index (χ4n) is 6.37. The number of quaternary nitrogens is 2. The molecule has 0 bridgehead atoms. The molecule has 0 aliphatic carbocycles. The molecule has 53 heavy (non-hydrogen) atoms. The predicted molar refractivity (Wildman–Crippen MR) is 225 cm³/mol. The molecule has 0 aliphatic heterocycles. The van der Waals surface area contributed by atoms with Crippen molar-refractivity contribution in [3.8, 4) is 0 Å². The lowest BCUT2D eigenvalue weighted by Gasteiger charge is -2.23. The molecule has 0 amide bonds. The van der Waals surface area contributed by atoms with Crippen LogP contribution in [-0.2, 0) is 24.4 Å². The molecule has 0 spiro atoms. The second kappa shape index (κ2) is 38.6. The van der Waals surface area contributed by atoms with Gasteiger partial charge in [-0.1, -0.05) is 194 Å². The van der Waals surface area contributed by atoms with Crippen LogP contribution in [-0.4, -0.2) is 90.3 Å². The van der Waals surface area contributed by atoms with Crippen molar-refractivity contribution in [1.82, 2.24) is 0 Å². The number of rotatable bonds is 36. The predicted octanol–water partition coefficient (Wildman–Crippen LogP) is 11.8. The van der Waals surface area contributed by atoms with E-state index in [1.165, 1.54) is 219 Å². The van der Waals surface area contributed by atoms with Gasteiger partial charge in [0.2, 0.25) is 20.8 Å². The molecule has 0 unspecified atom stereocenters. The number of nitrogens with zero attached hydrogens (tertiary/aromatic N) is 2. The van der Waals surface area contributed by atoms with Gasteiger partial charge in [0.15, 0.2) is 0 Å². The third-order valence-electron chi connectivity index (χ3n) is 9.53. The Bertz CT molecular complexity index is 872. The van der Waals surface area contributed by atoms with Crippen molar-refractivity contribution in [1.29, 1.82) is 0 Å². The molecule has 324 valence electrons. The molecule has 0 aliphatic rings. The molecule has 0 saturated heterocycles. The van der Waals surface area contributed by atoms with Crippen molar-refractivity contribution in [3.05, 3.63) is 0 Å². The largest absolute Gasteiger partial charge is 0.725 e. The Labute approximate surface area is 332 Å². The van der Waals surface area contributed by atoms with Crippen molar-refractivity contribution >= 4 is 20.8 Å². The molecule has 0 atom stereocenters. The van der Waals surface area contributed by atoms with Gasteiger partial charge in [-0.2, -0.15) is 3.63 Å². The summed E-state index contributed by atoms with van der Waals surface area (Å²) in [6, 6.07) is 0. The normalized spacial score (nSPS) is 12.3. The topological polar surface area (TPSA) is 124 Å². The highest BCUT2D eigenvalue weighted by molar-refractivity contribution is 7.94. The maximum absolute atomic E-state index is 9.29. The monoisotopic (exact) mass is 801 g/mol. The Kier molecular flexibility index (Phi) is 41.5. The second-order valence-corrected chi connectivity index (χ2v) is 19.7. The van der Waals surface area contributed by atoms with Crippen LogP contribution in [0.3, 0.4) is 0 Å². The molecule has 0 rings (SSSR count). The number of hydrogen-bond donors (Lipinski definition) is 0. The molecule has 9 nitrogen and oxygen atoms in total. The summed E-state index contributed by atoms with van der Waals surface area (Å²) in [5, 5.41) is 0. The van der Waals surface area contributed by atoms with Crippen LogP contribution in [0, 0.1) is 0 Å². The van der Waals surface area contributed by atoms with Crippen molar-refractivity contribution in [3.63, 3.8) is 0 Å². The summed E-state index contributed by atoms with van der Waals surface area (Å²) in [4.78, 5) is 0. The highest BCUT2D eigenvalue weighted by Gasteiger charge is 2.06. The molecule has 0 aromatic carbocycles. The molecule has 0 aromatic heterocycles. The maximum atomic E-state index is 9.29. The highest BCUT2D eigenvalue weighted by atomic mass is 32.3. The van der Waals surface area contributed by atoms with E-state index in [1.54, 1.807) is 0 Å². The number of hydrogen-bond acceptors (Lipinski definition) is 7. The summed E-state index contributed by atoms with van der Waals surface area (Å²) >= 11 is 0. The van der Waals surface area contributed by atoms with Gasteiger partial charge in [-0.25, -0.2) is 16.8 Å². The van der Waals surface area contributed by atoms with Gasteiger partial charge in [0, 0.05) is 0 Å². The summed E-state index contributed by atoms with van der Waals surface area (Å²) in [6.45, 7) is 7.26. The van der Waals surface area contributed by atoms with Gasteiger partial charge in [0.1, 0.15) is 0 Å². The van der Waals surface area contributed by atoms with Crippen LogP contribution in [0.25, 0.3) is 0 Å². The second-order valence-electron chi connectivity index (χ2n) is 17.5. The van der Waals surface area contributed by atoms with E-state index in [-0.39, 0.29) is 0 Å². The SMILES string of the molecule is CCCCCCCCCCCCCCCCCC[N+](C)(C)C.CCCCCCCCCCCCCCCCCC[N+](C)(C)C.O=S(=O)([O-])OS(=O)(=O)[O-]. The van der Waals surface area contributed by atoms with Gasteiger partial charge in [0.05, 0.1) is 55.4 Å². The van der Waals surface area contributed by atoms with Crippen LogP contribution < -0.4 is 0 Å². The maximum Gasteiger partial charge on any atom is 0.231 e. The van der Waals surface area contributed by atoms with Gasteiger partial charge in [-0.15, -0.1) is 0 Å². The summed E-state index contributed by atoms with van der Waals surface area (Å²) < 4.78 is 60.4. The van der Waals surface area contributed by atoms with E-state index in [0.717, 1.165) is 8.97 Å². The Morgan fingerprint density at radius 1 is 0.321 bits per heavy atom. The molecule has 0 fully saturated rings.